The Labute approximate surface area is 180 Å². The van der Waals surface area contributed by atoms with Crippen molar-refractivity contribution in [2.75, 3.05) is 31.4 Å². The number of hydrogen-bond acceptors (Lipinski definition) is 7. The molecule has 8 heteroatoms. The van der Waals surface area contributed by atoms with Gasteiger partial charge < -0.3 is 25.3 Å². The summed E-state index contributed by atoms with van der Waals surface area (Å²) in [4.78, 5) is 9.11. The minimum Gasteiger partial charge on any atom is -0.493 e. The molecule has 7 nitrogen and oxygen atoms in total. The van der Waals surface area contributed by atoms with Gasteiger partial charge in [0.15, 0.2) is 11.5 Å². The first-order chi connectivity index (χ1) is 14.9. The fraction of sp³-hybridized carbons (Fsp3) is 0.391. The summed E-state index contributed by atoms with van der Waals surface area (Å²) < 4.78 is 31.8. The molecule has 2 heterocycles. The molecular weight excluding hydrogens is 399 g/mol. The normalized spacial score (nSPS) is 17.0. The van der Waals surface area contributed by atoms with Gasteiger partial charge in [0.2, 0.25) is 0 Å². The molecule has 1 aromatic heterocycles. The van der Waals surface area contributed by atoms with Crippen LogP contribution in [0.1, 0.15) is 36.3 Å². The Morgan fingerprint density at radius 3 is 2.71 bits per heavy atom. The van der Waals surface area contributed by atoms with Gasteiger partial charge in [0, 0.05) is 29.1 Å². The number of ether oxygens (including phenoxy) is 3. The number of benzene rings is 2. The number of hydrogen-bond donors (Lipinski definition) is 2. The van der Waals surface area contributed by atoms with E-state index < -0.39 is 0 Å². The molecule has 0 saturated carbocycles. The molecule has 1 aliphatic heterocycles. The molecular formula is C23H27FN4O3. The average molecular weight is 426 g/mol. The molecule has 31 heavy (non-hydrogen) atoms. The minimum atomic E-state index is -0.366. The third-order valence-electron chi connectivity index (χ3n) is 5.40. The van der Waals surface area contributed by atoms with Crippen molar-refractivity contribution in [2.24, 2.45) is 0 Å². The summed E-state index contributed by atoms with van der Waals surface area (Å²) in [5.41, 5.74) is 8.16. The van der Waals surface area contributed by atoms with Crippen molar-refractivity contribution in [3.05, 3.63) is 47.0 Å². The third-order valence-corrected chi connectivity index (χ3v) is 5.40. The number of fused-ring (bicyclic) bond motifs is 1. The van der Waals surface area contributed by atoms with Crippen molar-refractivity contribution in [1.82, 2.24) is 9.97 Å². The number of nitrogens with one attached hydrogen (secondary N) is 1. The molecule has 0 bridgehead atoms. The second kappa shape index (κ2) is 8.55. The van der Waals surface area contributed by atoms with Crippen molar-refractivity contribution in [1.29, 1.82) is 0 Å². The van der Waals surface area contributed by atoms with Crippen molar-refractivity contribution in [2.45, 2.75) is 39.3 Å². The van der Waals surface area contributed by atoms with Gasteiger partial charge >= 0.3 is 0 Å². The van der Waals surface area contributed by atoms with Crippen LogP contribution in [-0.4, -0.2) is 36.4 Å². The molecule has 4 rings (SSSR count). The number of halogens is 1. The number of aromatic nitrogens is 2. The maximum absolute atomic E-state index is 14.7. The van der Waals surface area contributed by atoms with E-state index in [1.807, 2.05) is 26.0 Å². The first-order valence-corrected chi connectivity index (χ1v) is 10.3. The van der Waals surface area contributed by atoms with Crippen LogP contribution < -0.4 is 20.5 Å². The van der Waals surface area contributed by atoms with Crippen LogP contribution in [0, 0.1) is 19.7 Å². The zero-order valence-corrected chi connectivity index (χ0v) is 18.2. The highest BCUT2D eigenvalue weighted by molar-refractivity contribution is 5.92. The smallest absolute Gasteiger partial charge is 0.162 e. The van der Waals surface area contributed by atoms with Crippen LogP contribution >= 0.6 is 0 Å². The van der Waals surface area contributed by atoms with Gasteiger partial charge in [-0.3, -0.25) is 0 Å². The van der Waals surface area contributed by atoms with E-state index in [0.717, 1.165) is 11.8 Å². The Kier molecular flexibility index (Phi) is 5.82. The standard InChI is InChI=1S/C23H27FN4O3/c1-12-7-15(25)8-17(22(12)24)13(2)26-23-18-9-21(31-16-5-6-30-11-16)20(29-4)10-19(18)27-14(3)28-23/h7-10,13,16H,5-6,11,25H2,1-4H3,(H,26,27,28)/t13-,16+/m1/s1. The highest BCUT2D eigenvalue weighted by Gasteiger charge is 2.22. The molecule has 2 atom stereocenters. The molecule has 3 aromatic rings. The van der Waals surface area contributed by atoms with Crippen LogP contribution in [0.2, 0.25) is 0 Å². The lowest BCUT2D eigenvalue weighted by molar-refractivity contribution is 0.139. The van der Waals surface area contributed by atoms with Gasteiger partial charge in [0.05, 0.1) is 31.9 Å². The van der Waals surface area contributed by atoms with Crippen LogP contribution in [0.4, 0.5) is 15.9 Å². The Balaban J connectivity index is 1.74. The van der Waals surface area contributed by atoms with Crippen LogP contribution in [-0.2, 0) is 4.74 Å². The van der Waals surface area contributed by atoms with Gasteiger partial charge in [-0.2, -0.15) is 0 Å². The number of nitrogens with two attached hydrogens (primary N) is 1. The van der Waals surface area contributed by atoms with E-state index in [9.17, 15) is 4.39 Å². The average Bonchev–Trinajstić information content (AvgIpc) is 3.23. The van der Waals surface area contributed by atoms with Crippen LogP contribution in [0.3, 0.4) is 0 Å². The molecule has 1 aliphatic rings. The predicted octanol–water partition coefficient (Wildman–Crippen LogP) is 4.32. The van der Waals surface area contributed by atoms with Gasteiger partial charge in [0.25, 0.3) is 0 Å². The molecule has 1 saturated heterocycles. The predicted molar refractivity (Wildman–Crippen MR) is 118 cm³/mol. The largest absolute Gasteiger partial charge is 0.493 e. The lowest BCUT2D eigenvalue weighted by atomic mass is 10.0. The number of aryl methyl sites for hydroxylation is 2. The Hall–Kier alpha value is -3.13. The van der Waals surface area contributed by atoms with Crippen LogP contribution in [0.25, 0.3) is 10.9 Å². The molecule has 0 aliphatic carbocycles. The van der Waals surface area contributed by atoms with Crippen molar-refractivity contribution >= 4 is 22.4 Å². The fourth-order valence-electron chi connectivity index (χ4n) is 3.82. The fourth-order valence-corrected chi connectivity index (χ4v) is 3.82. The number of nitrogens with zero attached hydrogens (tertiary/aromatic N) is 2. The van der Waals surface area contributed by atoms with E-state index in [1.54, 1.807) is 26.2 Å². The molecule has 1 fully saturated rings. The Morgan fingerprint density at radius 1 is 1.19 bits per heavy atom. The van der Waals surface area contributed by atoms with Gasteiger partial charge in [-0.15, -0.1) is 0 Å². The lowest BCUT2D eigenvalue weighted by Crippen LogP contribution is -2.16. The maximum Gasteiger partial charge on any atom is 0.162 e. The summed E-state index contributed by atoms with van der Waals surface area (Å²) in [6.07, 6.45) is 0.791. The van der Waals surface area contributed by atoms with Crippen molar-refractivity contribution < 1.29 is 18.6 Å². The maximum atomic E-state index is 14.7. The molecule has 0 amide bonds. The molecule has 2 aromatic carbocycles. The second-order valence-electron chi connectivity index (χ2n) is 7.85. The molecule has 0 unspecified atom stereocenters. The minimum absolute atomic E-state index is 0.0302. The molecule has 3 N–H and O–H groups in total. The first kappa shape index (κ1) is 21.1. The van der Waals surface area contributed by atoms with Gasteiger partial charge in [-0.1, -0.05) is 0 Å². The number of methoxy groups -OCH3 is 1. The number of anilines is 2. The van der Waals surface area contributed by atoms with E-state index in [2.05, 4.69) is 15.3 Å². The Bertz CT molecular complexity index is 1120. The zero-order valence-electron chi connectivity index (χ0n) is 18.2. The topological polar surface area (TPSA) is 91.5 Å². The third kappa shape index (κ3) is 4.34. The van der Waals surface area contributed by atoms with Crippen molar-refractivity contribution in [3.63, 3.8) is 0 Å². The summed E-state index contributed by atoms with van der Waals surface area (Å²) in [5.74, 6) is 2.08. The zero-order chi connectivity index (χ0) is 22.1. The molecule has 0 radical (unpaired) electrons. The van der Waals surface area contributed by atoms with E-state index in [4.69, 9.17) is 19.9 Å². The first-order valence-electron chi connectivity index (χ1n) is 10.3. The quantitative estimate of drug-likeness (QED) is 0.567. The monoisotopic (exact) mass is 426 g/mol. The Morgan fingerprint density at radius 2 is 2.00 bits per heavy atom. The van der Waals surface area contributed by atoms with Gasteiger partial charge in [-0.25, -0.2) is 14.4 Å². The highest BCUT2D eigenvalue weighted by Crippen LogP contribution is 2.36. The highest BCUT2D eigenvalue weighted by atomic mass is 19.1. The van der Waals surface area contributed by atoms with Gasteiger partial charge in [-0.05, 0) is 44.5 Å². The number of rotatable bonds is 6. The van der Waals surface area contributed by atoms with E-state index >= 15 is 0 Å². The van der Waals surface area contributed by atoms with Crippen LogP contribution in [0.5, 0.6) is 11.5 Å². The molecule has 164 valence electrons. The molecule has 0 spiro atoms. The SMILES string of the molecule is COc1cc2nc(C)nc(N[C@H](C)c3cc(N)cc(C)c3F)c2cc1O[C@H]1CCOC1. The second-order valence-corrected chi connectivity index (χ2v) is 7.85. The van der Waals surface area contributed by atoms with E-state index in [1.165, 1.54) is 0 Å². The van der Waals surface area contributed by atoms with Crippen LogP contribution in [0.15, 0.2) is 24.3 Å². The van der Waals surface area contributed by atoms with E-state index in [0.29, 0.717) is 58.7 Å². The lowest BCUT2D eigenvalue weighted by Gasteiger charge is -2.20. The number of nitrogen functional groups attached to an aromatic ring is 1. The summed E-state index contributed by atoms with van der Waals surface area (Å²) in [5, 5.41) is 4.09. The summed E-state index contributed by atoms with van der Waals surface area (Å²) in [6.45, 7) is 6.61. The van der Waals surface area contributed by atoms with E-state index in [-0.39, 0.29) is 18.0 Å². The van der Waals surface area contributed by atoms with Gasteiger partial charge in [0.1, 0.15) is 23.6 Å². The summed E-state index contributed by atoms with van der Waals surface area (Å²) >= 11 is 0. The summed E-state index contributed by atoms with van der Waals surface area (Å²) in [6, 6.07) is 6.60. The van der Waals surface area contributed by atoms with Crippen molar-refractivity contribution in [3.8, 4) is 11.5 Å². The summed E-state index contributed by atoms with van der Waals surface area (Å²) in [7, 11) is 1.60.